The number of aromatic hydroxyl groups is 3. The number of halogens is 2. The van der Waals surface area contributed by atoms with Gasteiger partial charge < -0.3 is 153 Å². The van der Waals surface area contributed by atoms with Crippen LogP contribution in [-0.4, -0.2) is 212 Å². The van der Waals surface area contributed by atoms with Crippen LogP contribution in [0.25, 0.3) is 11.1 Å². The summed E-state index contributed by atoms with van der Waals surface area (Å²) in [5, 5.41) is 157. The summed E-state index contributed by atoms with van der Waals surface area (Å²) in [4.78, 5) is 165. The molecule has 724 valence electrons. The van der Waals surface area contributed by atoms with Gasteiger partial charge in [-0.3, -0.25) is 53.0 Å². The summed E-state index contributed by atoms with van der Waals surface area (Å²) in [5.41, 5.74) is 1.05. The predicted octanol–water partition coefficient (Wildman–Crippen LogP) is 4.42. The van der Waals surface area contributed by atoms with E-state index in [1.54, 1.807) is 82.3 Å². The number of nitro benzene ring substituents is 1. The van der Waals surface area contributed by atoms with E-state index in [4.69, 9.17) is 62.1 Å². The largest absolute Gasteiger partial charge is 0.507 e. The molecule has 0 saturated carbocycles. The van der Waals surface area contributed by atoms with Crippen molar-refractivity contribution in [3.05, 3.63) is 215 Å². The molecular weight excluding hydrogens is 1850 g/mol. The van der Waals surface area contributed by atoms with Gasteiger partial charge in [-0.2, -0.15) is 0 Å². The van der Waals surface area contributed by atoms with E-state index in [0.29, 0.717) is 11.1 Å². The molecule has 46 heteroatoms. The molecule has 15 rings (SSSR count). The lowest BCUT2D eigenvalue weighted by Crippen LogP contribution is -2.64. The number of nitrogens with two attached hydrogens (primary N) is 1. The third-order valence-electron chi connectivity index (χ3n) is 23.5. The van der Waals surface area contributed by atoms with Crippen molar-refractivity contribution in [1.82, 2.24) is 47.9 Å². The molecule has 7 unspecified atom stereocenters. The van der Waals surface area contributed by atoms with E-state index in [2.05, 4.69) is 53.2 Å². The van der Waals surface area contributed by atoms with E-state index >= 15 is 24.0 Å². The number of likely N-dealkylation sites (N-methyl/N-ethyl adjacent to an activating group) is 1. The number of aliphatic hydroxyl groups is 6. The van der Waals surface area contributed by atoms with Crippen LogP contribution in [0.15, 0.2) is 140 Å². The summed E-state index contributed by atoms with van der Waals surface area (Å²) in [6.07, 6.45) is -19.2. The van der Waals surface area contributed by atoms with Gasteiger partial charge in [0.05, 0.1) is 70.1 Å². The number of aliphatic hydroxyl groups excluding tert-OH is 6. The van der Waals surface area contributed by atoms with Crippen LogP contribution < -0.4 is 77.8 Å². The van der Waals surface area contributed by atoms with Gasteiger partial charge in [-0.1, -0.05) is 104 Å². The van der Waals surface area contributed by atoms with Crippen LogP contribution >= 0.6 is 30.8 Å². The zero-order valence-electron chi connectivity index (χ0n) is 73.2. The van der Waals surface area contributed by atoms with Crippen LogP contribution in [0.2, 0.25) is 10.0 Å². The molecule has 0 aliphatic carbocycles. The zero-order valence-corrected chi connectivity index (χ0v) is 75.6. The van der Waals surface area contributed by atoms with Gasteiger partial charge >= 0.3 is 19.3 Å². The molecule has 0 spiro atoms. The average molecular weight is 1950 g/mol. The Morgan fingerprint density at radius 2 is 1.34 bits per heavy atom. The first kappa shape index (κ1) is 101. The van der Waals surface area contributed by atoms with E-state index in [9.17, 15) is 94.7 Å². The highest BCUT2D eigenvalue weighted by molar-refractivity contribution is 7.51. The Morgan fingerprint density at radius 1 is 0.699 bits per heavy atom. The van der Waals surface area contributed by atoms with Gasteiger partial charge in [-0.05, 0) is 152 Å². The molecular formula is C90H99Cl2N12O31P. The molecule has 7 aliphatic rings. The van der Waals surface area contributed by atoms with Crippen molar-refractivity contribution in [2.45, 2.75) is 177 Å². The Balaban J connectivity index is 0.915. The van der Waals surface area contributed by atoms with Gasteiger partial charge in [0, 0.05) is 47.4 Å². The van der Waals surface area contributed by atoms with Gasteiger partial charge in [-0.15, -0.1) is 0 Å². The standard InChI is InChI=1S/C90H99Cl2N12O31P/c1-38(2)23-55(94-6)81(116)102-69-72(109)44-17-21-59(53(91)26-44)131-61-28-46-29-62(78(61)134-88-52(35-105)75(112)76(113)89(135-88)133-64-32-90(5,79(114)40(4)130-64)96-33-42-13-10-14-47(24-42)97-80(115)48-19-15-39(3)77(71(48)104(124)125)129-36-41-11-8-7-9-12-41)132-60-22-18-45(27-54(60)92)73(110)70-86(121)101-68(87(122)123)50-30-58(107)51(34-95-37-136(126,127)128)74(111)65(50)49-25-43(16-20-57(49)106)66(83(118)103-70)100-84(119)67(46)99-82(117)56(31-63(93)108)98-85(69)120/h7-22,24-30,38,40,52,55-56,64,66-70,72-73,75-76,79,88-89,94-96,105-107,109-114H,23,31-37H2,1-6H3,(H2,93,108)(H,97,115)(H,98,120)(H,99,117)(H,100,119)(H,101,121)(H,102,116)(H,103,118)(H,122,123)(H2,126,127,128)/t40?,52-,55-,56+,64?,66-,67-,68-,69-,70+,72-,73-,75?,76-,79?,88?,89?,90?/m1/s1. The number of hydrogen-bond donors (Lipinski definition) is 23. The molecule has 11 bridgehead atoms. The monoisotopic (exact) mass is 1940 g/mol. The molecule has 8 amide bonds. The number of carbonyl (C=O) groups excluding carboxylic acids is 8. The van der Waals surface area contributed by atoms with Crippen molar-refractivity contribution >= 4 is 95.4 Å². The lowest BCUT2D eigenvalue weighted by molar-refractivity contribution is -0.386. The van der Waals surface area contributed by atoms with Crippen molar-refractivity contribution in [3.63, 3.8) is 0 Å². The van der Waals surface area contributed by atoms with Gasteiger partial charge in [0.15, 0.2) is 30.1 Å². The van der Waals surface area contributed by atoms with Crippen LogP contribution in [0.5, 0.6) is 51.7 Å². The lowest BCUT2D eigenvalue weighted by atomic mass is 9.84. The van der Waals surface area contributed by atoms with Crippen LogP contribution in [-0.2, 0) is 76.8 Å². The fourth-order valence-corrected chi connectivity index (χ4v) is 17.3. The van der Waals surface area contributed by atoms with E-state index in [1.807, 2.05) is 0 Å². The third kappa shape index (κ3) is 22.6. The van der Waals surface area contributed by atoms with Gasteiger partial charge in [0.1, 0.15) is 89.4 Å². The van der Waals surface area contributed by atoms with Crippen molar-refractivity contribution in [2.75, 3.05) is 25.3 Å². The number of aliphatic carboxylic acids is 1. The molecule has 2 fully saturated rings. The Kier molecular flexibility index (Phi) is 31.3. The molecule has 7 heterocycles. The van der Waals surface area contributed by atoms with Gasteiger partial charge in [0.25, 0.3) is 5.91 Å². The number of nitro groups is 1. The molecule has 43 nitrogen and oxygen atoms in total. The number of benzene rings is 8. The molecule has 8 aromatic carbocycles. The number of rotatable bonds is 26. The summed E-state index contributed by atoms with van der Waals surface area (Å²) in [6, 6.07) is 15.1. The number of nitrogens with one attached hydrogen (secondary N) is 10. The molecule has 136 heavy (non-hydrogen) atoms. The molecule has 8 aromatic rings. The van der Waals surface area contributed by atoms with E-state index in [1.165, 1.54) is 32.2 Å². The van der Waals surface area contributed by atoms with Crippen molar-refractivity contribution in [1.29, 1.82) is 0 Å². The number of phenolic OH excluding ortho intramolecular Hbond substituents is 3. The number of ether oxygens (including phenoxy) is 7. The molecule has 0 aromatic heterocycles. The van der Waals surface area contributed by atoms with Crippen LogP contribution in [0.3, 0.4) is 0 Å². The van der Waals surface area contributed by atoms with Crippen molar-refractivity contribution in [3.8, 4) is 62.9 Å². The first-order valence-corrected chi connectivity index (χ1v) is 45.0. The highest BCUT2D eigenvalue weighted by Crippen LogP contribution is 2.52. The average Bonchev–Trinajstić information content (AvgIpc) is 0.749. The van der Waals surface area contributed by atoms with Crippen LogP contribution in [0.4, 0.5) is 11.4 Å². The number of hydrogen-bond acceptors (Lipinski definition) is 31. The van der Waals surface area contributed by atoms with E-state index in [0.717, 1.165) is 72.3 Å². The highest BCUT2D eigenvalue weighted by Gasteiger charge is 2.52. The number of anilines is 1. The second kappa shape index (κ2) is 42.2. The minimum absolute atomic E-state index is 0.0323. The molecule has 2 saturated heterocycles. The van der Waals surface area contributed by atoms with E-state index < -0.39 is 296 Å². The number of amides is 8. The summed E-state index contributed by atoms with van der Waals surface area (Å²) in [6.45, 7) is 6.34. The third-order valence-corrected chi connectivity index (χ3v) is 24.8. The van der Waals surface area contributed by atoms with E-state index in [-0.39, 0.29) is 60.0 Å². The summed E-state index contributed by atoms with van der Waals surface area (Å²) < 4.78 is 57.1. The number of primary amides is 1. The molecule has 24 N–H and O–H groups in total. The van der Waals surface area contributed by atoms with Crippen molar-refractivity contribution in [2.24, 2.45) is 17.6 Å². The Hall–Kier alpha value is -12.8. The predicted molar refractivity (Wildman–Crippen MR) is 478 cm³/mol. The number of nitrogens with zero attached hydrogens (tertiary/aromatic N) is 1. The maximum absolute atomic E-state index is 16.4. The number of aryl methyl sites for hydroxylation is 1. The summed E-state index contributed by atoms with van der Waals surface area (Å²) in [7, 11) is -3.43. The van der Waals surface area contributed by atoms with Gasteiger partial charge in [-0.25, -0.2) is 4.79 Å². The smallest absolute Gasteiger partial charge is 0.339 e. The Morgan fingerprint density at radius 3 is 1.96 bits per heavy atom. The van der Waals surface area contributed by atoms with Crippen molar-refractivity contribution < 1.29 is 147 Å². The summed E-state index contributed by atoms with van der Waals surface area (Å²) >= 11 is 14.3. The number of phenols is 3. The minimum atomic E-state index is -4.87. The number of carboxylic acid groups (broad SMARTS) is 1. The SMILES string of the molecule is CN[C@H](CC(C)C)C(=O)N[C@H]1C(=O)N[C@@H](CC(N)=O)C(=O)N[C@H]2C(=O)N[C@H]3C(=O)N[C@H](C(=O)N[C@@H](C(=O)O)c4cc(O)c(CNCP(=O)(O)O)c(O)c4-c4cc3ccc4O)[C@H](O)c3ccc(c(Cl)c3)Oc3cc2cc(c3OC2OC(OC3CC(C)(NCc4cccc(NC(=O)c5ccc(C)c(OCc6ccccc6)c5[N+](=O)[O-])c4)C(O)C(C)O3)[C@H](O)C(O)[C@H]2CO)Oc2ccc(cc2Cl)[C@H]1O. The molecule has 0 radical (unpaired) electrons. The normalized spacial score (nSPS) is 24.9. The van der Waals surface area contributed by atoms with Crippen LogP contribution in [0, 0.1) is 28.9 Å². The minimum Gasteiger partial charge on any atom is -0.507 e. The Bertz CT molecular complexity index is 6000. The maximum Gasteiger partial charge on any atom is 0.339 e. The molecule has 18 atom stereocenters. The first-order chi connectivity index (χ1) is 64.4. The number of carbonyl (C=O) groups is 9. The first-order valence-electron chi connectivity index (χ1n) is 42.5. The summed E-state index contributed by atoms with van der Waals surface area (Å²) in [5.74, 6) is -20.4. The zero-order chi connectivity index (χ0) is 98.5. The fraction of sp³-hybridized carbons (Fsp3) is 0.367. The topological polar surface area (TPSA) is 668 Å². The fourth-order valence-electron chi connectivity index (χ4n) is 16.4. The maximum atomic E-state index is 16.4. The molecule has 7 aliphatic heterocycles. The highest BCUT2D eigenvalue weighted by atomic mass is 35.5. The number of fused-ring (bicyclic) bond motifs is 15. The quantitative estimate of drug-likeness (QED) is 0.0203. The lowest BCUT2D eigenvalue weighted by Gasteiger charge is -2.48. The second-order valence-corrected chi connectivity index (χ2v) is 36.3. The van der Waals surface area contributed by atoms with Crippen LogP contribution in [0.1, 0.15) is 138 Å². The van der Waals surface area contributed by atoms with Gasteiger partial charge in [0.2, 0.25) is 59.1 Å². The second-order valence-electron chi connectivity index (χ2n) is 33.8. The number of carboxylic acids is 1. The Labute approximate surface area is 783 Å².